The van der Waals surface area contributed by atoms with E-state index in [1.165, 1.54) is 12.3 Å². The number of piperidine rings is 1. The first-order valence-corrected chi connectivity index (χ1v) is 9.20. The fourth-order valence-electron chi connectivity index (χ4n) is 3.10. The van der Waals surface area contributed by atoms with Gasteiger partial charge in [-0.3, -0.25) is 9.59 Å². The number of nitrogens with zero attached hydrogens (tertiary/aromatic N) is 3. The number of amides is 1. The fraction of sp³-hybridized carbons (Fsp3) is 0.444. The molecule has 2 aromatic heterocycles. The van der Waals surface area contributed by atoms with Gasteiger partial charge < -0.3 is 15.2 Å². The lowest BCUT2D eigenvalue weighted by molar-refractivity contribution is -0.126. The van der Waals surface area contributed by atoms with Gasteiger partial charge in [0.1, 0.15) is 10.8 Å². The molecule has 0 bridgehead atoms. The van der Waals surface area contributed by atoms with Crippen molar-refractivity contribution >= 4 is 23.3 Å². The number of anilines is 1. The maximum Gasteiger partial charge on any atom is 0.272 e. The fourth-order valence-corrected chi connectivity index (χ4v) is 3.31. The van der Waals surface area contributed by atoms with Crippen molar-refractivity contribution in [1.82, 2.24) is 20.3 Å². The van der Waals surface area contributed by atoms with Crippen LogP contribution in [0.15, 0.2) is 23.1 Å². The Labute approximate surface area is 161 Å². The standard InChI is InChI=1S/C18H21ClFN5O2/c1-10(2)22-17(26)11-4-7-25(8-5-11)16-14(19)18(27)24-15(23-16)12-3-6-21-13(20)9-12/h3,6,9-11H,4-5,7-8H2,1-2H3,(H,22,26)(H,23,24,27). The van der Waals surface area contributed by atoms with E-state index in [0.717, 1.165) is 0 Å². The van der Waals surface area contributed by atoms with Crippen molar-refractivity contribution in [2.24, 2.45) is 5.92 Å². The Kier molecular flexibility index (Phi) is 5.74. The summed E-state index contributed by atoms with van der Waals surface area (Å²) >= 11 is 6.17. The number of rotatable bonds is 4. The molecule has 0 atom stereocenters. The number of pyridine rings is 1. The Hall–Kier alpha value is -2.48. The molecule has 27 heavy (non-hydrogen) atoms. The van der Waals surface area contributed by atoms with E-state index in [4.69, 9.17) is 11.6 Å². The maximum absolute atomic E-state index is 13.4. The summed E-state index contributed by atoms with van der Waals surface area (Å²) in [7, 11) is 0. The van der Waals surface area contributed by atoms with Crippen LogP contribution in [-0.4, -0.2) is 40.0 Å². The minimum Gasteiger partial charge on any atom is -0.355 e. The van der Waals surface area contributed by atoms with Crippen LogP contribution in [-0.2, 0) is 4.79 Å². The number of carbonyl (C=O) groups excluding carboxylic acids is 1. The van der Waals surface area contributed by atoms with Crippen molar-refractivity contribution in [2.75, 3.05) is 18.0 Å². The first-order valence-electron chi connectivity index (χ1n) is 8.82. The molecular weight excluding hydrogens is 373 g/mol. The Morgan fingerprint density at radius 2 is 2.11 bits per heavy atom. The molecule has 2 aromatic rings. The monoisotopic (exact) mass is 393 g/mol. The number of aromatic amines is 1. The largest absolute Gasteiger partial charge is 0.355 e. The summed E-state index contributed by atoms with van der Waals surface area (Å²) in [6.07, 6.45) is 2.59. The smallest absolute Gasteiger partial charge is 0.272 e. The minimum absolute atomic E-state index is 0.0154. The molecule has 9 heteroatoms. The van der Waals surface area contributed by atoms with Gasteiger partial charge in [-0.25, -0.2) is 9.97 Å². The molecular formula is C18H21ClFN5O2. The second-order valence-corrected chi connectivity index (χ2v) is 7.22. The van der Waals surface area contributed by atoms with Gasteiger partial charge in [0.15, 0.2) is 5.82 Å². The molecule has 0 aliphatic carbocycles. The molecule has 0 saturated carbocycles. The third kappa shape index (κ3) is 4.44. The Balaban J connectivity index is 1.81. The lowest BCUT2D eigenvalue weighted by Crippen LogP contribution is -2.43. The lowest BCUT2D eigenvalue weighted by Gasteiger charge is -2.32. The van der Waals surface area contributed by atoms with Crippen molar-refractivity contribution in [2.45, 2.75) is 32.7 Å². The van der Waals surface area contributed by atoms with Crippen LogP contribution in [0.5, 0.6) is 0 Å². The van der Waals surface area contributed by atoms with Crippen LogP contribution in [0.2, 0.25) is 5.02 Å². The van der Waals surface area contributed by atoms with E-state index in [-0.39, 0.29) is 28.7 Å². The van der Waals surface area contributed by atoms with Crippen molar-refractivity contribution in [1.29, 1.82) is 0 Å². The van der Waals surface area contributed by atoms with Gasteiger partial charge >= 0.3 is 0 Å². The van der Waals surface area contributed by atoms with E-state index < -0.39 is 11.5 Å². The van der Waals surface area contributed by atoms with Crippen LogP contribution >= 0.6 is 11.6 Å². The van der Waals surface area contributed by atoms with Crippen LogP contribution in [0, 0.1) is 11.9 Å². The molecule has 3 heterocycles. The molecule has 1 aliphatic rings. The molecule has 0 aromatic carbocycles. The van der Waals surface area contributed by atoms with Gasteiger partial charge in [0.05, 0.1) is 0 Å². The minimum atomic E-state index is -0.663. The molecule has 144 valence electrons. The Bertz CT molecular complexity index is 894. The van der Waals surface area contributed by atoms with Crippen LogP contribution in [0.1, 0.15) is 26.7 Å². The SMILES string of the molecule is CC(C)NC(=O)C1CCN(c2nc(-c3ccnc(F)c3)[nH]c(=O)c2Cl)CC1. The van der Waals surface area contributed by atoms with E-state index in [2.05, 4.69) is 20.3 Å². The number of nitrogens with one attached hydrogen (secondary N) is 2. The molecule has 7 nitrogen and oxygen atoms in total. The van der Waals surface area contributed by atoms with E-state index in [1.54, 1.807) is 6.07 Å². The summed E-state index contributed by atoms with van der Waals surface area (Å²) in [5.74, 6) is -0.125. The van der Waals surface area contributed by atoms with Crippen molar-refractivity contribution in [3.63, 3.8) is 0 Å². The summed E-state index contributed by atoms with van der Waals surface area (Å²) in [6.45, 7) is 4.96. The van der Waals surface area contributed by atoms with Crippen LogP contribution < -0.4 is 15.8 Å². The second kappa shape index (κ2) is 8.04. The quantitative estimate of drug-likeness (QED) is 0.778. The summed E-state index contributed by atoms with van der Waals surface area (Å²) in [5.41, 5.74) is -0.0859. The molecule has 3 rings (SSSR count). The van der Waals surface area contributed by atoms with E-state index >= 15 is 0 Å². The predicted octanol–water partition coefficient (Wildman–Crippen LogP) is 2.37. The van der Waals surface area contributed by atoms with Crippen LogP contribution in [0.25, 0.3) is 11.4 Å². The zero-order valence-electron chi connectivity index (χ0n) is 15.1. The highest BCUT2D eigenvalue weighted by Gasteiger charge is 2.27. The van der Waals surface area contributed by atoms with Gasteiger partial charge in [-0.15, -0.1) is 0 Å². The Morgan fingerprint density at radius 3 is 2.74 bits per heavy atom. The third-order valence-electron chi connectivity index (χ3n) is 4.44. The highest BCUT2D eigenvalue weighted by molar-refractivity contribution is 6.32. The van der Waals surface area contributed by atoms with Gasteiger partial charge in [-0.1, -0.05) is 11.6 Å². The van der Waals surface area contributed by atoms with Gasteiger partial charge in [0.2, 0.25) is 11.9 Å². The zero-order valence-corrected chi connectivity index (χ0v) is 15.9. The van der Waals surface area contributed by atoms with Gasteiger partial charge in [-0.2, -0.15) is 4.39 Å². The van der Waals surface area contributed by atoms with E-state index in [9.17, 15) is 14.0 Å². The molecule has 0 radical (unpaired) electrons. The number of aromatic nitrogens is 3. The van der Waals surface area contributed by atoms with Gasteiger partial charge in [0.25, 0.3) is 5.56 Å². The first kappa shape index (κ1) is 19.3. The molecule has 2 N–H and O–H groups in total. The normalized spacial score (nSPS) is 15.2. The van der Waals surface area contributed by atoms with Crippen LogP contribution in [0.4, 0.5) is 10.2 Å². The summed E-state index contributed by atoms with van der Waals surface area (Å²) < 4.78 is 13.4. The Morgan fingerprint density at radius 1 is 1.41 bits per heavy atom. The van der Waals surface area contributed by atoms with Gasteiger partial charge in [-0.05, 0) is 32.8 Å². The molecule has 1 fully saturated rings. The van der Waals surface area contributed by atoms with E-state index in [1.807, 2.05) is 18.7 Å². The van der Waals surface area contributed by atoms with Crippen molar-refractivity contribution in [3.05, 3.63) is 39.7 Å². The number of hydrogen-bond acceptors (Lipinski definition) is 5. The van der Waals surface area contributed by atoms with Crippen LogP contribution in [0.3, 0.4) is 0 Å². The number of halogens is 2. The first-order chi connectivity index (χ1) is 12.8. The number of H-pyrrole nitrogens is 1. The topological polar surface area (TPSA) is 91.0 Å². The van der Waals surface area contributed by atoms with Crippen molar-refractivity contribution in [3.8, 4) is 11.4 Å². The highest BCUT2D eigenvalue weighted by Crippen LogP contribution is 2.27. The molecule has 1 aliphatic heterocycles. The average molecular weight is 394 g/mol. The number of carbonyl (C=O) groups is 1. The number of hydrogen-bond donors (Lipinski definition) is 2. The van der Waals surface area contributed by atoms with Crippen molar-refractivity contribution < 1.29 is 9.18 Å². The summed E-state index contributed by atoms with van der Waals surface area (Å²) in [5, 5.41) is 2.91. The second-order valence-electron chi connectivity index (χ2n) is 6.84. The highest BCUT2D eigenvalue weighted by atomic mass is 35.5. The van der Waals surface area contributed by atoms with Gasteiger partial charge in [0, 0.05) is 42.9 Å². The third-order valence-corrected chi connectivity index (χ3v) is 4.78. The predicted molar refractivity (Wildman–Crippen MR) is 101 cm³/mol. The summed E-state index contributed by atoms with van der Waals surface area (Å²) in [4.78, 5) is 36.8. The molecule has 1 saturated heterocycles. The van der Waals surface area contributed by atoms with E-state index in [0.29, 0.717) is 37.3 Å². The zero-order chi connectivity index (χ0) is 19.6. The molecule has 0 unspecified atom stereocenters. The average Bonchev–Trinajstić information content (AvgIpc) is 2.63. The summed E-state index contributed by atoms with van der Waals surface area (Å²) in [6, 6.07) is 2.85. The maximum atomic E-state index is 13.4. The molecule has 0 spiro atoms. The molecule has 1 amide bonds. The lowest BCUT2D eigenvalue weighted by atomic mass is 9.95.